The van der Waals surface area contributed by atoms with Crippen molar-refractivity contribution in [2.45, 2.75) is 93.7 Å². The predicted molar refractivity (Wildman–Crippen MR) is 208 cm³/mol. The molecule has 3 N–H and O–H groups in total. The highest BCUT2D eigenvalue weighted by Gasteiger charge is 2.62. The van der Waals surface area contributed by atoms with Crippen LogP contribution in [0.4, 0.5) is 4.79 Å². The van der Waals surface area contributed by atoms with Gasteiger partial charge in [0, 0.05) is 31.3 Å². The summed E-state index contributed by atoms with van der Waals surface area (Å²) in [6.07, 6.45) is 9.81. The Balaban J connectivity index is 1.14. The zero-order valence-electron chi connectivity index (χ0n) is 32.2. The minimum Gasteiger partial charge on any atom is -0.472 e. The van der Waals surface area contributed by atoms with E-state index in [-0.39, 0.29) is 49.1 Å². The van der Waals surface area contributed by atoms with Crippen LogP contribution in [0.3, 0.4) is 0 Å². The van der Waals surface area contributed by atoms with Gasteiger partial charge < -0.3 is 34.6 Å². The van der Waals surface area contributed by atoms with E-state index in [1.807, 2.05) is 37.3 Å². The first kappa shape index (κ1) is 39.1. The SMILES string of the molecule is C=CC1C[C@]1(NC(=O)[C@@H]1C[C@@H]2CN1C(=O)[C@H](C1CCCC1)NC(=O)N1CC[C@@H](COC/C=C/c3ccc4nc(OCC)nc(c4c3)O2)C1)C(=O)NS(=O)(=O)C1CC1. The van der Waals surface area contributed by atoms with Crippen LogP contribution in [0.2, 0.25) is 0 Å². The summed E-state index contributed by atoms with van der Waals surface area (Å²) in [6.45, 7) is 7.81. The standard InChI is InChI=1S/C40H51N7O9S/c1-3-27-20-40(27,37(50)45-57(52,53)29-12-13-29)44-34(48)32-19-28-22-47(32)36(49)33(26-9-5-6-10-26)42-39(51)46-16-15-25(21-46)23-54-17-7-8-24-11-14-31-30(18-24)35(56-28)43-38(41-31)55-4-2/h3,7-8,11,14,18,25-29,32-33H,1,4-6,9-10,12-13,15-17,19-23H2,2H3,(H,42,51)(H,44,48)(H,45,50)/b8-7+/t25-,27?,28-,32+,33+,40-/m1/s1. The third-order valence-corrected chi connectivity index (χ3v) is 14.0. The van der Waals surface area contributed by atoms with Crippen molar-refractivity contribution < 1.29 is 41.8 Å². The highest BCUT2D eigenvalue weighted by molar-refractivity contribution is 7.91. The molecular formula is C40H51N7O9S. The lowest BCUT2D eigenvalue weighted by atomic mass is 9.96. The van der Waals surface area contributed by atoms with Gasteiger partial charge in [0.1, 0.15) is 23.7 Å². The number of fused-ring (bicyclic) bond motifs is 5. The molecule has 5 fully saturated rings. The van der Waals surface area contributed by atoms with E-state index in [0.29, 0.717) is 56.7 Å². The van der Waals surface area contributed by atoms with Gasteiger partial charge >= 0.3 is 12.0 Å². The average molecular weight is 806 g/mol. The quantitative estimate of drug-likeness (QED) is 0.315. The summed E-state index contributed by atoms with van der Waals surface area (Å²) in [6, 6.07) is 3.41. The van der Waals surface area contributed by atoms with Gasteiger partial charge in [-0.05, 0) is 69.1 Å². The second-order valence-corrected chi connectivity index (χ2v) is 18.2. The van der Waals surface area contributed by atoms with Gasteiger partial charge in [0.05, 0.1) is 42.5 Å². The van der Waals surface area contributed by atoms with Crippen LogP contribution in [0.1, 0.15) is 70.3 Å². The molecule has 6 atom stereocenters. The molecule has 16 nitrogen and oxygen atoms in total. The van der Waals surface area contributed by atoms with E-state index in [0.717, 1.165) is 37.7 Å². The molecule has 6 bridgehead atoms. The van der Waals surface area contributed by atoms with E-state index in [1.165, 1.54) is 11.0 Å². The zero-order valence-corrected chi connectivity index (χ0v) is 33.0. The maximum Gasteiger partial charge on any atom is 0.320 e. The fourth-order valence-electron chi connectivity index (χ4n) is 8.75. The van der Waals surface area contributed by atoms with Crippen molar-refractivity contribution in [1.29, 1.82) is 0 Å². The maximum atomic E-state index is 14.9. The van der Waals surface area contributed by atoms with Crippen molar-refractivity contribution in [3.8, 4) is 11.9 Å². The second kappa shape index (κ2) is 15.9. The molecule has 8 rings (SSSR count). The van der Waals surface area contributed by atoms with Crippen molar-refractivity contribution >= 4 is 50.8 Å². The number of urea groups is 1. The minimum absolute atomic E-state index is 0.0195. The number of aromatic nitrogens is 2. The fraction of sp³-hybridized carbons (Fsp3) is 0.600. The number of sulfonamides is 1. The summed E-state index contributed by atoms with van der Waals surface area (Å²) in [5, 5.41) is 5.88. The van der Waals surface area contributed by atoms with Gasteiger partial charge in [-0.3, -0.25) is 19.1 Å². The van der Waals surface area contributed by atoms with Crippen LogP contribution in [-0.4, -0.2) is 120 Å². The first-order chi connectivity index (χ1) is 27.5. The molecule has 1 aromatic carbocycles. The monoisotopic (exact) mass is 805 g/mol. The van der Waals surface area contributed by atoms with Crippen molar-refractivity contribution in [3.63, 3.8) is 0 Å². The van der Waals surface area contributed by atoms with Crippen molar-refractivity contribution in [3.05, 3.63) is 42.5 Å². The number of nitrogens with one attached hydrogen (secondary N) is 3. The molecule has 1 aromatic heterocycles. The van der Waals surface area contributed by atoms with Crippen molar-refractivity contribution in [1.82, 2.24) is 35.1 Å². The Hall–Kier alpha value is -4.77. The van der Waals surface area contributed by atoms with Gasteiger partial charge in [0.25, 0.3) is 5.91 Å². The number of nitrogens with zero attached hydrogens (tertiary/aromatic N) is 4. The molecule has 0 spiro atoms. The number of carbonyl (C=O) groups excluding carboxylic acids is 4. The van der Waals surface area contributed by atoms with E-state index >= 15 is 0 Å². The normalized spacial score (nSPS) is 30.1. The van der Waals surface area contributed by atoms with Gasteiger partial charge in [-0.25, -0.2) is 13.2 Å². The number of benzene rings is 1. The second-order valence-electron chi connectivity index (χ2n) is 16.2. The molecule has 3 aliphatic carbocycles. The molecule has 2 saturated heterocycles. The summed E-state index contributed by atoms with van der Waals surface area (Å²) in [7, 11) is -3.90. The summed E-state index contributed by atoms with van der Waals surface area (Å²) >= 11 is 0. The molecule has 17 heteroatoms. The number of ether oxygens (including phenoxy) is 3. The van der Waals surface area contributed by atoms with E-state index in [1.54, 1.807) is 4.90 Å². The molecule has 2 aromatic rings. The molecule has 1 unspecified atom stereocenters. The number of rotatable bonds is 9. The Bertz CT molecular complexity index is 2070. The Morgan fingerprint density at radius 2 is 1.93 bits per heavy atom. The van der Waals surface area contributed by atoms with Crippen molar-refractivity contribution in [2.75, 3.05) is 39.5 Å². The Morgan fingerprint density at radius 1 is 1.12 bits per heavy atom. The smallest absolute Gasteiger partial charge is 0.320 e. The molecule has 3 saturated carbocycles. The summed E-state index contributed by atoms with van der Waals surface area (Å²) < 4.78 is 46.1. The predicted octanol–water partition coefficient (Wildman–Crippen LogP) is 2.68. The highest BCUT2D eigenvalue weighted by Crippen LogP contribution is 2.46. The summed E-state index contributed by atoms with van der Waals surface area (Å²) in [4.78, 5) is 69.2. The Kier molecular flexibility index (Phi) is 10.9. The first-order valence-corrected chi connectivity index (χ1v) is 21.7. The van der Waals surface area contributed by atoms with Crippen LogP contribution in [0.25, 0.3) is 17.0 Å². The molecule has 0 radical (unpaired) electrons. The minimum atomic E-state index is -3.90. The van der Waals surface area contributed by atoms with Crippen LogP contribution in [0.5, 0.6) is 11.9 Å². The van der Waals surface area contributed by atoms with E-state index in [9.17, 15) is 27.6 Å². The first-order valence-electron chi connectivity index (χ1n) is 20.2. The topological polar surface area (TPSA) is 198 Å². The average Bonchev–Trinajstić information content (AvgIpc) is 3.96. The van der Waals surface area contributed by atoms with Crippen molar-refractivity contribution in [2.24, 2.45) is 17.8 Å². The Labute approximate surface area is 332 Å². The van der Waals surface area contributed by atoms with E-state index in [4.69, 9.17) is 14.2 Å². The maximum absolute atomic E-state index is 14.9. The third-order valence-electron chi connectivity index (χ3n) is 12.2. The molecule has 57 heavy (non-hydrogen) atoms. The lowest BCUT2D eigenvalue weighted by Gasteiger charge is -2.33. The Morgan fingerprint density at radius 3 is 2.67 bits per heavy atom. The third kappa shape index (κ3) is 8.18. The van der Waals surface area contributed by atoms with Crippen LogP contribution < -0.4 is 24.8 Å². The number of hydrogen-bond donors (Lipinski definition) is 3. The number of hydrogen-bond acceptors (Lipinski definition) is 11. The van der Waals surface area contributed by atoms with Gasteiger partial charge in [0.15, 0.2) is 0 Å². The van der Waals surface area contributed by atoms with Crippen LogP contribution in [0, 0.1) is 17.8 Å². The molecule has 4 heterocycles. The number of carbonyl (C=O) groups is 4. The summed E-state index contributed by atoms with van der Waals surface area (Å²) in [5.74, 6) is -2.19. The van der Waals surface area contributed by atoms with Gasteiger partial charge in [0.2, 0.25) is 27.7 Å². The lowest BCUT2D eigenvalue weighted by molar-refractivity contribution is -0.142. The van der Waals surface area contributed by atoms with Gasteiger partial charge in [-0.2, -0.15) is 9.97 Å². The van der Waals surface area contributed by atoms with Crippen LogP contribution >= 0.6 is 0 Å². The molecule has 3 aliphatic heterocycles. The van der Waals surface area contributed by atoms with E-state index < -0.39 is 62.6 Å². The molecule has 5 amide bonds. The molecular weight excluding hydrogens is 755 g/mol. The molecule has 306 valence electrons. The van der Waals surface area contributed by atoms with Crippen LogP contribution in [-0.2, 0) is 29.1 Å². The zero-order chi connectivity index (χ0) is 39.9. The highest BCUT2D eigenvalue weighted by atomic mass is 32.2. The largest absolute Gasteiger partial charge is 0.472 e. The van der Waals surface area contributed by atoms with E-state index in [2.05, 4.69) is 31.9 Å². The van der Waals surface area contributed by atoms with Crippen LogP contribution in [0.15, 0.2) is 36.9 Å². The lowest BCUT2D eigenvalue weighted by Crippen LogP contribution is -2.59. The van der Waals surface area contributed by atoms with Gasteiger partial charge in [-0.15, -0.1) is 6.58 Å². The van der Waals surface area contributed by atoms with Gasteiger partial charge in [-0.1, -0.05) is 37.1 Å². The number of amides is 5. The fourth-order valence-corrected chi connectivity index (χ4v) is 10.1. The summed E-state index contributed by atoms with van der Waals surface area (Å²) in [5.41, 5.74) is -0.116. The molecule has 6 aliphatic rings.